The standard InChI is InChI=1S/C21H23Cl2NO4/c1-26-17-7-4-8-18(20(17)27-2)28-14-11-9-13(10-12-14)24-21(25)19-15(22)5-3-6-16(19)23/h3-8,13-14H,9-12H2,1-2H3,(H,24,25). The highest BCUT2D eigenvalue weighted by atomic mass is 35.5. The second-order valence-electron chi connectivity index (χ2n) is 6.65. The van der Waals surface area contributed by atoms with Crippen molar-refractivity contribution in [3.8, 4) is 17.2 Å². The highest BCUT2D eigenvalue weighted by Gasteiger charge is 2.26. The molecule has 1 amide bonds. The molecule has 0 unspecified atom stereocenters. The van der Waals surface area contributed by atoms with Crippen LogP contribution in [-0.2, 0) is 0 Å². The van der Waals surface area contributed by atoms with E-state index in [4.69, 9.17) is 37.4 Å². The summed E-state index contributed by atoms with van der Waals surface area (Å²) in [6.07, 6.45) is 3.32. The lowest BCUT2D eigenvalue weighted by Gasteiger charge is -2.30. The van der Waals surface area contributed by atoms with Crippen molar-refractivity contribution < 1.29 is 19.0 Å². The summed E-state index contributed by atoms with van der Waals surface area (Å²) in [5.74, 6) is 1.65. The molecule has 1 N–H and O–H groups in total. The molecule has 1 aliphatic rings. The first-order chi connectivity index (χ1) is 13.5. The lowest BCUT2D eigenvalue weighted by Crippen LogP contribution is -2.39. The van der Waals surface area contributed by atoms with Crippen LogP contribution in [0, 0.1) is 0 Å². The Kier molecular flexibility index (Phi) is 6.92. The monoisotopic (exact) mass is 423 g/mol. The summed E-state index contributed by atoms with van der Waals surface area (Å²) in [6, 6.07) is 10.7. The van der Waals surface area contributed by atoms with Gasteiger partial charge in [0.25, 0.3) is 5.91 Å². The predicted octanol–water partition coefficient (Wildman–Crippen LogP) is 5.13. The van der Waals surface area contributed by atoms with Crippen LogP contribution in [0.25, 0.3) is 0 Å². The maximum Gasteiger partial charge on any atom is 0.254 e. The van der Waals surface area contributed by atoms with Crippen molar-refractivity contribution in [2.75, 3.05) is 14.2 Å². The van der Waals surface area contributed by atoms with E-state index in [9.17, 15) is 4.79 Å². The van der Waals surface area contributed by atoms with Crippen LogP contribution >= 0.6 is 23.2 Å². The fourth-order valence-electron chi connectivity index (χ4n) is 3.43. The topological polar surface area (TPSA) is 56.8 Å². The predicted molar refractivity (Wildman–Crippen MR) is 110 cm³/mol. The summed E-state index contributed by atoms with van der Waals surface area (Å²) in [5.41, 5.74) is 0.324. The van der Waals surface area contributed by atoms with E-state index in [-0.39, 0.29) is 18.1 Å². The molecule has 0 aromatic heterocycles. The first-order valence-corrected chi connectivity index (χ1v) is 9.91. The number of carbonyl (C=O) groups excluding carboxylic acids is 1. The van der Waals surface area contributed by atoms with E-state index in [0.717, 1.165) is 25.7 Å². The molecule has 2 aromatic carbocycles. The molecule has 0 atom stereocenters. The average Bonchev–Trinajstić information content (AvgIpc) is 2.69. The fourth-order valence-corrected chi connectivity index (χ4v) is 4.00. The molecule has 5 nitrogen and oxygen atoms in total. The Morgan fingerprint density at radius 1 is 0.929 bits per heavy atom. The molecule has 0 aliphatic heterocycles. The van der Waals surface area contributed by atoms with Gasteiger partial charge >= 0.3 is 0 Å². The Morgan fingerprint density at radius 2 is 1.54 bits per heavy atom. The molecule has 0 radical (unpaired) electrons. The molecule has 0 heterocycles. The van der Waals surface area contributed by atoms with Crippen LogP contribution < -0.4 is 19.5 Å². The van der Waals surface area contributed by atoms with Crippen LogP contribution in [-0.4, -0.2) is 32.3 Å². The van der Waals surface area contributed by atoms with Gasteiger partial charge in [0, 0.05) is 6.04 Å². The van der Waals surface area contributed by atoms with Crippen molar-refractivity contribution in [2.24, 2.45) is 0 Å². The number of rotatable bonds is 6. The van der Waals surface area contributed by atoms with E-state index in [0.29, 0.717) is 32.9 Å². The van der Waals surface area contributed by atoms with E-state index < -0.39 is 0 Å². The Hall–Kier alpha value is -2.11. The second kappa shape index (κ2) is 9.39. The lowest BCUT2D eigenvalue weighted by molar-refractivity contribution is 0.0891. The third kappa shape index (κ3) is 4.65. The first kappa shape index (κ1) is 20.6. The van der Waals surface area contributed by atoms with Crippen molar-refractivity contribution in [2.45, 2.75) is 37.8 Å². The summed E-state index contributed by atoms with van der Waals surface area (Å²) in [6.45, 7) is 0. The largest absolute Gasteiger partial charge is 0.493 e. The molecule has 0 bridgehead atoms. The Labute approximate surface area is 174 Å². The average molecular weight is 424 g/mol. The first-order valence-electron chi connectivity index (χ1n) is 9.16. The van der Waals surface area contributed by atoms with Crippen molar-refractivity contribution in [1.82, 2.24) is 5.32 Å². The van der Waals surface area contributed by atoms with Gasteiger partial charge in [-0.1, -0.05) is 35.3 Å². The third-order valence-corrected chi connectivity index (χ3v) is 5.49. The highest BCUT2D eigenvalue weighted by molar-refractivity contribution is 6.39. The number of methoxy groups -OCH3 is 2. The smallest absolute Gasteiger partial charge is 0.254 e. The van der Waals surface area contributed by atoms with Gasteiger partial charge in [0.1, 0.15) is 0 Å². The molecule has 28 heavy (non-hydrogen) atoms. The Bertz CT molecular complexity index is 815. The van der Waals surface area contributed by atoms with Gasteiger partial charge in [0.2, 0.25) is 5.75 Å². The number of hydrogen-bond donors (Lipinski definition) is 1. The molecule has 150 valence electrons. The second-order valence-corrected chi connectivity index (χ2v) is 7.47. The van der Waals surface area contributed by atoms with Gasteiger partial charge < -0.3 is 19.5 Å². The van der Waals surface area contributed by atoms with E-state index in [1.54, 1.807) is 32.4 Å². The zero-order valence-electron chi connectivity index (χ0n) is 15.8. The minimum atomic E-state index is -0.241. The van der Waals surface area contributed by atoms with Gasteiger partial charge in [0.05, 0.1) is 35.9 Å². The van der Waals surface area contributed by atoms with E-state index >= 15 is 0 Å². The Morgan fingerprint density at radius 3 is 2.14 bits per heavy atom. The molecule has 3 rings (SSSR count). The van der Waals surface area contributed by atoms with Gasteiger partial charge in [0.15, 0.2) is 11.5 Å². The molecule has 1 fully saturated rings. The lowest BCUT2D eigenvalue weighted by atomic mass is 9.92. The summed E-state index contributed by atoms with van der Waals surface area (Å²) >= 11 is 12.2. The SMILES string of the molecule is COc1cccc(OC2CCC(NC(=O)c3c(Cl)cccc3Cl)CC2)c1OC. The van der Waals surface area contributed by atoms with Gasteiger partial charge in [-0.3, -0.25) is 4.79 Å². The number of amides is 1. The fraction of sp³-hybridized carbons (Fsp3) is 0.381. The molecule has 0 saturated heterocycles. The van der Waals surface area contributed by atoms with Gasteiger partial charge in [-0.2, -0.15) is 0 Å². The number of ether oxygens (including phenoxy) is 3. The normalized spacial score (nSPS) is 19.0. The van der Waals surface area contributed by atoms with E-state index in [1.807, 2.05) is 18.2 Å². The Balaban J connectivity index is 1.57. The van der Waals surface area contributed by atoms with Crippen LogP contribution in [0.5, 0.6) is 17.2 Å². The van der Waals surface area contributed by atoms with E-state index in [1.165, 1.54) is 0 Å². The van der Waals surface area contributed by atoms with Crippen LogP contribution in [0.2, 0.25) is 10.0 Å². The minimum absolute atomic E-state index is 0.0538. The summed E-state index contributed by atoms with van der Waals surface area (Å²) in [4.78, 5) is 12.5. The zero-order valence-corrected chi connectivity index (χ0v) is 17.3. The number of nitrogens with one attached hydrogen (secondary N) is 1. The minimum Gasteiger partial charge on any atom is -0.493 e. The van der Waals surface area contributed by atoms with Crippen LogP contribution in [0.4, 0.5) is 0 Å². The highest BCUT2D eigenvalue weighted by Crippen LogP contribution is 2.38. The molecular weight excluding hydrogens is 401 g/mol. The van der Waals surface area contributed by atoms with Crippen LogP contribution in [0.1, 0.15) is 36.0 Å². The number of benzene rings is 2. The summed E-state index contributed by atoms with van der Waals surface area (Å²) < 4.78 is 16.9. The van der Waals surface area contributed by atoms with Crippen molar-refractivity contribution in [1.29, 1.82) is 0 Å². The quantitative estimate of drug-likeness (QED) is 0.699. The van der Waals surface area contributed by atoms with E-state index in [2.05, 4.69) is 5.32 Å². The van der Waals surface area contributed by atoms with Gasteiger partial charge in [-0.25, -0.2) is 0 Å². The third-order valence-electron chi connectivity index (χ3n) is 4.86. The summed E-state index contributed by atoms with van der Waals surface area (Å²) in [7, 11) is 3.19. The molecule has 7 heteroatoms. The van der Waals surface area contributed by atoms with Gasteiger partial charge in [-0.05, 0) is 49.9 Å². The molecule has 2 aromatic rings. The van der Waals surface area contributed by atoms with Crippen molar-refractivity contribution in [3.63, 3.8) is 0 Å². The molecule has 0 spiro atoms. The maximum atomic E-state index is 12.5. The number of halogens is 2. The number of para-hydroxylation sites is 1. The van der Waals surface area contributed by atoms with Crippen molar-refractivity contribution in [3.05, 3.63) is 52.0 Å². The molecule has 1 aliphatic carbocycles. The van der Waals surface area contributed by atoms with Gasteiger partial charge in [-0.15, -0.1) is 0 Å². The molecule has 1 saturated carbocycles. The number of carbonyl (C=O) groups is 1. The van der Waals surface area contributed by atoms with Crippen LogP contribution in [0.15, 0.2) is 36.4 Å². The zero-order chi connectivity index (χ0) is 20.1. The van der Waals surface area contributed by atoms with Crippen molar-refractivity contribution >= 4 is 29.1 Å². The summed E-state index contributed by atoms with van der Waals surface area (Å²) in [5, 5.41) is 3.74. The number of hydrogen-bond acceptors (Lipinski definition) is 4. The molecular formula is C21H23Cl2NO4. The maximum absolute atomic E-state index is 12.5. The van der Waals surface area contributed by atoms with Crippen LogP contribution in [0.3, 0.4) is 0 Å².